The topological polar surface area (TPSA) is 97.8 Å². The van der Waals surface area contributed by atoms with Crippen LogP contribution < -0.4 is 5.63 Å². The molecule has 1 fully saturated rings. The van der Waals surface area contributed by atoms with E-state index in [9.17, 15) is 18.0 Å². The Hall–Kier alpha value is -2.61. The van der Waals surface area contributed by atoms with Crippen molar-refractivity contribution in [1.29, 1.82) is 0 Å². The van der Waals surface area contributed by atoms with Gasteiger partial charge in [0.05, 0.1) is 23.5 Å². The predicted molar refractivity (Wildman–Crippen MR) is 110 cm³/mol. The standard InChI is InChI=1S/C21H23NO6S/c1-11-13(3)27-18-9-19-16(7-15(11)18)12(2)17(21(24)28-19)8-20(23)22(4)14-5-6-29(25,26)10-14/h7,9,14H,5-6,8,10H2,1-4H3/t14-/m1/s1. The fourth-order valence-electron chi connectivity index (χ4n) is 3.99. The number of rotatable bonds is 3. The molecule has 1 aromatic carbocycles. The van der Waals surface area contributed by atoms with E-state index in [1.54, 1.807) is 20.0 Å². The van der Waals surface area contributed by atoms with Crippen molar-refractivity contribution in [2.24, 2.45) is 0 Å². The van der Waals surface area contributed by atoms with Gasteiger partial charge in [0.25, 0.3) is 0 Å². The predicted octanol–water partition coefficient (Wildman–Crippen LogP) is 2.65. The molecule has 154 valence electrons. The zero-order chi connectivity index (χ0) is 21.1. The van der Waals surface area contributed by atoms with E-state index in [-0.39, 0.29) is 29.9 Å². The lowest BCUT2D eigenvalue weighted by Crippen LogP contribution is -2.39. The van der Waals surface area contributed by atoms with E-state index in [1.165, 1.54) is 4.90 Å². The van der Waals surface area contributed by atoms with Gasteiger partial charge in [-0.2, -0.15) is 0 Å². The van der Waals surface area contributed by atoms with Crippen LogP contribution in [0.2, 0.25) is 0 Å². The van der Waals surface area contributed by atoms with Crippen LogP contribution in [-0.4, -0.2) is 43.8 Å². The maximum atomic E-state index is 12.8. The van der Waals surface area contributed by atoms with Gasteiger partial charge in [-0.1, -0.05) is 0 Å². The minimum absolute atomic E-state index is 0.0301. The van der Waals surface area contributed by atoms with E-state index in [2.05, 4.69) is 0 Å². The van der Waals surface area contributed by atoms with Gasteiger partial charge in [0.15, 0.2) is 9.84 Å². The molecule has 2 aromatic heterocycles. The third-order valence-corrected chi connectivity index (χ3v) is 7.81. The first kappa shape index (κ1) is 19.7. The van der Waals surface area contributed by atoms with Gasteiger partial charge >= 0.3 is 5.63 Å². The number of aryl methyl sites for hydroxylation is 3. The van der Waals surface area contributed by atoms with E-state index in [0.29, 0.717) is 28.7 Å². The molecule has 3 aromatic rings. The Balaban J connectivity index is 1.72. The minimum Gasteiger partial charge on any atom is -0.461 e. The Morgan fingerprint density at radius 2 is 1.76 bits per heavy atom. The molecular formula is C21H23NO6S. The van der Waals surface area contributed by atoms with E-state index >= 15 is 0 Å². The number of fused-ring (bicyclic) bond motifs is 2. The number of sulfone groups is 1. The van der Waals surface area contributed by atoms with E-state index in [1.807, 2.05) is 19.9 Å². The van der Waals surface area contributed by atoms with Gasteiger partial charge in [-0.05, 0) is 44.4 Å². The quantitative estimate of drug-likeness (QED) is 0.608. The Morgan fingerprint density at radius 3 is 2.41 bits per heavy atom. The number of nitrogens with zero attached hydrogens (tertiary/aromatic N) is 1. The second-order valence-corrected chi connectivity index (χ2v) is 10.1. The van der Waals surface area contributed by atoms with Crippen LogP contribution in [0.15, 0.2) is 25.8 Å². The van der Waals surface area contributed by atoms with Gasteiger partial charge in [0.1, 0.15) is 16.9 Å². The normalized spacial score (nSPS) is 18.6. The zero-order valence-corrected chi connectivity index (χ0v) is 17.7. The summed E-state index contributed by atoms with van der Waals surface area (Å²) in [7, 11) is -1.51. The van der Waals surface area contributed by atoms with Gasteiger partial charge < -0.3 is 13.7 Å². The molecule has 0 aliphatic carbocycles. The summed E-state index contributed by atoms with van der Waals surface area (Å²) >= 11 is 0. The molecule has 4 rings (SSSR count). The molecule has 0 unspecified atom stereocenters. The summed E-state index contributed by atoms with van der Waals surface area (Å²) < 4.78 is 34.6. The van der Waals surface area contributed by atoms with Crippen molar-refractivity contribution >= 4 is 37.7 Å². The molecule has 0 saturated carbocycles. The lowest BCUT2D eigenvalue weighted by Gasteiger charge is -2.23. The van der Waals surface area contributed by atoms with Crippen molar-refractivity contribution < 1.29 is 22.0 Å². The summed E-state index contributed by atoms with van der Waals surface area (Å²) in [6.07, 6.45) is 0.297. The molecule has 0 radical (unpaired) electrons. The zero-order valence-electron chi connectivity index (χ0n) is 16.9. The fourth-order valence-corrected chi connectivity index (χ4v) is 5.76. The van der Waals surface area contributed by atoms with Gasteiger partial charge in [-0.15, -0.1) is 0 Å². The van der Waals surface area contributed by atoms with Crippen molar-refractivity contribution in [3.8, 4) is 0 Å². The second-order valence-electron chi connectivity index (χ2n) is 7.86. The van der Waals surface area contributed by atoms with Gasteiger partial charge in [-0.3, -0.25) is 4.79 Å². The highest BCUT2D eigenvalue weighted by Crippen LogP contribution is 2.31. The molecule has 8 heteroatoms. The summed E-state index contributed by atoms with van der Waals surface area (Å²) in [5.41, 5.74) is 2.52. The number of carbonyl (C=O) groups excluding carboxylic acids is 1. The Morgan fingerprint density at radius 1 is 1.10 bits per heavy atom. The van der Waals surface area contributed by atoms with Crippen LogP contribution in [0.3, 0.4) is 0 Å². The first-order chi connectivity index (χ1) is 13.6. The third kappa shape index (κ3) is 3.35. The van der Waals surface area contributed by atoms with Crippen LogP contribution >= 0.6 is 0 Å². The first-order valence-corrected chi connectivity index (χ1v) is 11.3. The SMILES string of the molecule is Cc1oc2cc3oc(=O)c(CC(=O)N(C)[C@@H]4CCS(=O)(=O)C4)c(C)c3cc2c1C. The number of amides is 1. The average Bonchev–Trinajstić information content (AvgIpc) is 3.15. The summed E-state index contributed by atoms with van der Waals surface area (Å²) in [6, 6.07) is 3.28. The minimum atomic E-state index is -3.10. The number of hydrogen-bond donors (Lipinski definition) is 0. The lowest BCUT2D eigenvalue weighted by atomic mass is 10.0. The first-order valence-electron chi connectivity index (χ1n) is 9.49. The van der Waals surface area contributed by atoms with Crippen molar-refractivity contribution in [1.82, 2.24) is 4.90 Å². The molecule has 1 saturated heterocycles. The molecule has 29 heavy (non-hydrogen) atoms. The Bertz CT molecular complexity index is 1310. The number of likely N-dealkylation sites (N-methyl/N-ethyl adjacent to an activating group) is 1. The van der Waals surface area contributed by atoms with E-state index in [4.69, 9.17) is 8.83 Å². The number of benzene rings is 1. The molecule has 1 aliphatic heterocycles. The molecule has 0 N–H and O–H groups in total. The molecule has 1 amide bonds. The molecular weight excluding hydrogens is 394 g/mol. The van der Waals surface area contributed by atoms with Crippen molar-refractivity contribution in [3.63, 3.8) is 0 Å². The largest absolute Gasteiger partial charge is 0.461 e. The summed E-state index contributed by atoms with van der Waals surface area (Å²) in [5, 5.41) is 1.70. The van der Waals surface area contributed by atoms with E-state index in [0.717, 1.165) is 22.1 Å². The van der Waals surface area contributed by atoms with E-state index < -0.39 is 15.5 Å². The number of furan rings is 1. The van der Waals surface area contributed by atoms with Crippen molar-refractivity contribution in [3.05, 3.63) is 45.0 Å². The fraction of sp³-hybridized carbons (Fsp3) is 0.429. The van der Waals surface area contributed by atoms with Crippen LogP contribution in [0, 0.1) is 20.8 Å². The van der Waals surface area contributed by atoms with Crippen LogP contribution in [0.1, 0.15) is 28.9 Å². The molecule has 1 aliphatic rings. The highest BCUT2D eigenvalue weighted by atomic mass is 32.2. The highest BCUT2D eigenvalue weighted by Gasteiger charge is 2.33. The van der Waals surface area contributed by atoms with Crippen molar-refractivity contribution in [2.75, 3.05) is 18.6 Å². The number of hydrogen-bond acceptors (Lipinski definition) is 6. The summed E-state index contributed by atoms with van der Waals surface area (Å²) in [5.74, 6) is 0.570. The van der Waals surface area contributed by atoms with Gasteiger partial charge in [0.2, 0.25) is 5.91 Å². The summed E-state index contributed by atoms with van der Waals surface area (Å²) in [4.78, 5) is 26.8. The molecule has 0 bridgehead atoms. The van der Waals surface area contributed by atoms with Crippen LogP contribution in [0.4, 0.5) is 0 Å². The highest BCUT2D eigenvalue weighted by molar-refractivity contribution is 7.91. The second kappa shape index (κ2) is 6.73. The monoisotopic (exact) mass is 417 g/mol. The molecule has 7 nitrogen and oxygen atoms in total. The van der Waals surface area contributed by atoms with Crippen LogP contribution in [-0.2, 0) is 21.1 Å². The Labute approximate surface area is 168 Å². The van der Waals surface area contributed by atoms with Gasteiger partial charge in [-0.25, -0.2) is 13.2 Å². The average molecular weight is 417 g/mol. The van der Waals surface area contributed by atoms with Crippen LogP contribution in [0.25, 0.3) is 21.9 Å². The maximum absolute atomic E-state index is 12.8. The number of carbonyl (C=O) groups is 1. The Kier molecular flexibility index (Phi) is 4.57. The maximum Gasteiger partial charge on any atom is 0.340 e. The summed E-state index contributed by atoms with van der Waals surface area (Å²) in [6.45, 7) is 5.65. The third-order valence-electron chi connectivity index (χ3n) is 6.06. The smallest absolute Gasteiger partial charge is 0.340 e. The van der Waals surface area contributed by atoms with Crippen molar-refractivity contribution in [2.45, 2.75) is 39.7 Å². The molecule has 0 spiro atoms. The molecule has 3 heterocycles. The van der Waals surface area contributed by atoms with Gasteiger partial charge in [0, 0.05) is 29.9 Å². The van der Waals surface area contributed by atoms with Crippen LogP contribution in [0.5, 0.6) is 0 Å². The lowest BCUT2D eigenvalue weighted by molar-refractivity contribution is -0.130. The molecule has 1 atom stereocenters.